The SMILES string of the molecule is CC(=O)O.CC(C)(C)OC(=O)NCCCC[C@H](N)c1nc(CCc2ccccc2)no1. The average molecular weight is 435 g/mol. The van der Waals surface area contributed by atoms with E-state index in [-0.39, 0.29) is 6.04 Å². The molecule has 9 heteroatoms. The van der Waals surface area contributed by atoms with Gasteiger partial charge in [-0.1, -0.05) is 35.5 Å². The Morgan fingerprint density at radius 1 is 1.19 bits per heavy atom. The highest BCUT2D eigenvalue weighted by molar-refractivity contribution is 5.67. The number of carbonyl (C=O) groups is 2. The second-order valence-corrected chi connectivity index (χ2v) is 8.08. The van der Waals surface area contributed by atoms with Crippen molar-refractivity contribution in [1.29, 1.82) is 0 Å². The number of amides is 1. The number of aliphatic carboxylic acids is 1. The highest BCUT2D eigenvalue weighted by Crippen LogP contribution is 2.15. The Morgan fingerprint density at radius 3 is 2.45 bits per heavy atom. The summed E-state index contributed by atoms with van der Waals surface area (Å²) in [5, 5.41) is 14.2. The first-order valence-electron chi connectivity index (χ1n) is 10.3. The van der Waals surface area contributed by atoms with Crippen LogP contribution in [0.25, 0.3) is 0 Å². The second-order valence-electron chi connectivity index (χ2n) is 8.08. The van der Waals surface area contributed by atoms with Gasteiger partial charge in [0.15, 0.2) is 5.82 Å². The molecule has 2 aromatic rings. The van der Waals surface area contributed by atoms with Crippen LogP contribution in [0.3, 0.4) is 0 Å². The van der Waals surface area contributed by atoms with Crippen LogP contribution >= 0.6 is 0 Å². The number of aromatic nitrogens is 2. The van der Waals surface area contributed by atoms with E-state index in [9.17, 15) is 4.79 Å². The topological polar surface area (TPSA) is 141 Å². The van der Waals surface area contributed by atoms with Crippen molar-refractivity contribution in [2.45, 2.75) is 71.4 Å². The van der Waals surface area contributed by atoms with Gasteiger partial charge in [0.05, 0.1) is 6.04 Å². The van der Waals surface area contributed by atoms with E-state index in [1.54, 1.807) is 0 Å². The molecule has 4 N–H and O–H groups in total. The molecule has 0 saturated carbocycles. The van der Waals surface area contributed by atoms with Crippen molar-refractivity contribution < 1.29 is 24.0 Å². The number of ether oxygens (including phenoxy) is 1. The Morgan fingerprint density at radius 2 is 1.84 bits per heavy atom. The fourth-order valence-corrected chi connectivity index (χ4v) is 2.54. The highest BCUT2D eigenvalue weighted by atomic mass is 16.6. The quantitative estimate of drug-likeness (QED) is 0.508. The van der Waals surface area contributed by atoms with Gasteiger partial charge in [-0.25, -0.2) is 4.79 Å². The Hall–Kier alpha value is -2.94. The third-order valence-corrected chi connectivity index (χ3v) is 3.89. The number of carbonyl (C=O) groups excluding carboxylic acids is 1. The van der Waals surface area contributed by atoms with Crippen LogP contribution in [0.15, 0.2) is 34.9 Å². The van der Waals surface area contributed by atoms with Crippen molar-refractivity contribution in [2.24, 2.45) is 5.73 Å². The molecule has 0 spiro atoms. The molecule has 0 saturated heterocycles. The van der Waals surface area contributed by atoms with Crippen LogP contribution in [-0.2, 0) is 22.4 Å². The summed E-state index contributed by atoms with van der Waals surface area (Å²) in [6.45, 7) is 7.14. The number of benzene rings is 1. The Labute approximate surface area is 183 Å². The zero-order valence-corrected chi connectivity index (χ0v) is 18.8. The lowest BCUT2D eigenvalue weighted by Crippen LogP contribution is -2.33. The molecule has 1 amide bonds. The minimum Gasteiger partial charge on any atom is -0.481 e. The van der Waals surface area contributed by atoms with Crippen LogP contribution < -0.4 is 11.1 Å². The van der Waals surface area contributed by atoms with Crippen molar-refractivity contribution >= 4 is 12.1 Å². The number of carboxylic acid groups (broad SMARTS) is 1. The molecular weight excluding hydrogens is 400 g/mol. The van der Waals surface area contributed by atoms with Gasteiger partial charge in [-0.05, 0) is 52.0 Å². The van der Waals surface area contributed by atoms with E-state index in [2.05, 4.69) is 27.6 Å². The molecule has 0 unspecified atom stereocenters. The molecule has 0 aliphatic carbocycles. The highest BCUT2D eigenvalue weighted by Gasteiger charge is 2.16. The normalized spacial score (nSPS) is 11.8. The first kappa shape index (κ1) is 26.1. The van der Waals surface area contributed by atoms with Gasteiger partial charge in [0.2, 0.25) is 5.89 Å². The summed E-state index contributed by atoms with van der Waals surface area (Å²) in [6.07, 6.45) is 3.56. The molecule has 0 fully saturated rings. The predicted octanol–water partition coefficient (Wildman–Crippen LogP) is 3.64. The Kier molecular flexibility index (Phi) is 11.3. The smallest absolute Gasteiger partial charge is 0.407 e. The first-order valence-corrected chi connectivity index (χ1v) is 10.3. The second kappa shape index (κ2) is 13.4. The minimum atomic E-state index is -0.833. The Balaban J connectivity index is 0.00000110. The number of alkyl carbamates (subject to hydrolysis) is 1. The van der Waals surface area contributed by atoms with Crippen molar-refractivity contribution in [2.75, 3.05) is 6.54 Å². The molecule has 0 radical (unpaired) electrons. The van der Waals surface area contributed by atoms with E-state index in [0.29, 0.717) is 18.3 Å². The predicted molar refractivity (Wildman–Crippen MR) is 116 cm³/mol. The monoisotopic (exact) mass is 434 g/mol. The first-order chi connectivity index (χ1) is 14.6. The number of nitrogens with two attached hydrogens (primary N) is 1. The molecular formula is C22H34N4O5. The standard InChI is InChI=1S/C20H30N4O3.C2H4O2/c1-20(2,3)26-19(25)22-14-8-7-11-16(21)18-23-17(24-27-18)13-12-15-9-5-4-6-10-15;1-2(3)4/h4-6,9-10,16H,7-8,11-14,21H2,1-3H3,(H,22,25);1H3,(H,3,4)/t16-;/m0./s1. The van der Waals surface area contributed by atoms with Crippen molar-refractivity contribution in [3.63, 3.8) is 0 Å². The molecule has 172 valence electrons. The minimum absolute atomic E-state index is 0.287. The van der Waals surface area contributed by atoms with Gasteiger partial charge in [0.25, 0.3) is 5.97 Å². The van der Waals surface area contributed by atoms with Crippen LogP contribution in [0.2, 0.25) is 0 Å². The molecule has 0 bridgehead atoms. The summed E-state index contributed by atoms with van der Waals surface area (Å²) in [5.74, 6) is 0.314. The number of hydrogen-bond donors (Lipinski definition) is 3. The van der Waals surface area contributed by atoms with Gasteiger partial charge in [-0.15, -0.1) is 0 Å². The summed E-state index contributed by atoms with van der Waals surface area (Å²) in [6, 6.07) is 9.91. The van der Waals surface area contributed by atoms with E-state index in [1.165, 1.54) is 5.56 Å². The summed E-state index contributed by atoms with van der Waals surface area (Å²) in [4.78, 5) is 25.0. The van der Waals surface area contributed by atoms with Crippen LogP contribution in [0, 0.1) is 0 Å². The van der Waals surface area contributed by atoms with Gasteiger partial charge in [-0.3, -0.25) is 4.79 Å². The van der Waals surface area contributed by atoms with Crippen LogP contribution in [0.4, 0.5) is 4.79 Å². The molecule has 1 heterocycles. The average Bonchev–Trinajstić information content (AvgIpc) is 3.14. The van der Waals surface area contributed by atoms with Crippen molar-refractivity contribution in [3.8, 4) is 0 Å². The number of hydrogen-bond acceptors (Lipinski definition) is 7. The van der Waals surface area contributed by atoms with E-state index in [0.717, 1.165) is 39.0 Å². The molecule has 9 nitrogen and oxygen atoms in total. The number of nitrogens with zero attached hydrogens (tertiary/aromatic N) is 2. The van der Waals surface area contributed by atoms with Crippen LogP contribution in [0.5, 0.6) is 0 Å². The summed E-state index contributed by atoms with van der Waals surface area (Å²) in [7, 11) is 0. The van der Waals surface area contributed by atoms with Gasteiger partial charge in [0, 0.05) is 19.9 Å². The zero-order chi connectivity index (χ0) is 23.3. The number of nitrogens with one attached hydrogen (secondary N) is 1. The van der Waals surface area contributed by atoms with Gasteiger partial charge < -0.3 is 25.4 Å². The van der Waals surface area contributed by atoms with E-state index < -0.39 is 17.7 Å². The summed E-state index contributed by atoms with van der Waals surface area (Å²) in [5.41, 5.74) is 6.89. The number of aryl methyl sites for hydroxylation is 2. The molecule has 31 heavy (non-hydrogen) atoms. The third-order valence-electron chi connectivity index (χ3n) is 3.89. The van der Waals surface area contributed by atoms with E-state index >= 15 is 0 Å². The van der Waals surface area contributed by atoms with Crippen molar-refractivity contribution in [3.05, 3.63) is 47.6 Å². The number of unbranched alkanes of at least 4 members (excludes halogenated alkanes) is 1. The van der Waals surface area contributed by atoms with E-state index in [1.807, 2.05) is 39.0 Å². The molecule has 0 aliphatic heterocycles. The lowest BCUT2D eigenvalue weighted by Gasteiger charge is -2.19. The molecule has 1 atom stereocenters. The van der Waals surface area contributed by atoms with Crippen LogP contribution in [-0.4, -0.2) is 39.5 Å². The lowest BCUT2D eigenvalue weighted by atomic mass is 10.1. The molecule has 1 aromatic heterocycles. The lowest BCUT2D eigenvalue weighted by molar-refractivity contribution is -0.134. The zero-order valence-electron chi connectivity index (χ0n) is 18.8. The van der Waals surface area contributed by atoms with Crippen LogP contribution in [0.1, 0.15) is 70.3 Å². The maximum absolute atomic E-state index is 11.6. The molecule has 1 aromatic carbocycles. The maximum atomic E-state index is 11.6. The number of carboxylic acids is 1. The van der Waals surface area contributed by atoms with Gasteiger partial charge >= 0.3 is 6.09 Å². The Bertz CT molecular complexity index is 783. The summed E-state index contributed by atoms with van der Waals surface area (Å²) < 4.78 is 10.5. The molecule has 0 aliphatic rings. The summed E-state index contributed by atoms with van der Waals surface area (Å²) >= 11 is 0. The largest absolute Gasteiger partial charge is 0.481 e. The van der Waals surface area contributed by atoms with Gasteiger partial charge in [-0.2, -0.15) is 4.98 Å². The van der Waals surface area contributed by atoms with E-state index in [4.69, 9.17) is 24.9 Å². The fraction of sp³-hybridized carbons (Fsp3) is 0.545. The third kappa shape index (κ3) is 13.1. The van der Waals surface area contributed by atoms with Gasteiger partial charge in [0.1, 0.15) is 5.60 Å². The number of rotatable bonds is 9. The fourth-order valence-electron chi connectivity index (χ4n) is 2.54. The molecule has 2 rings (SSSR count). The maximum Gasteiger partial charge on any atom is 0.407 e. The van der Waals surface area contributed by atoms with Crippen molar-refractivity contribution in [1.82, 2.24) is 15.5 Å².